The summed E-state index contributed by atoms with van der Waals surface area (Å²) in [6.45, 7) is 0.957. The fourth-order valence-corrected chi connectivity index (χ4v) is 3.20. The predicted molar refractivity (Wildman–Crippen MR) is 123 cm³/mol. The molecule has 0 bridgehead atoms. The molecular weight excluding hydrogens is 424 g/mol. The van der Waals surface area contributed by atoms with Crippen molar-refractivity contribution in [3.05, 3.63) is 94.0 Å². The van der Waals surface area contributed by atoms with E-state index in [-0.39, 0.29) is 30.0 Å². The maximum Gasteiger partial charge on any atom is 0.306 e. The number of anilines is 1. The van der Waals surface area contributed by atoms with E-state index < -0.39 is 23.4 Å². The average Bonchev–Trinajstić information content (AvgIpc) is 2.83. The molecule has 33 heavy (non-hydrogen) atoms. The van der Waals surface area contributed by atoms with Crippen LogP contribution in [0.25, 0.3) is 11.1 Å². The first-order chi connectivity index (χ1) is 15.8. The fourth-order valence-electron chi connectivity index (χ4n) is 3.20. The Labute approximate surface area is 190 Å². The number of nitrogens with one attached hydrogen (secondary N) is 1. The average molecular weight is 446 g/mol. The minimum absolute atomic E-state index is 0.0465. The van der Waals surface area contributed by atoms with Gasteiger partial charge in [-0.15, -0.1) is 0 Å². The Hall–Kier alpha value is -4.33. The van der Waals surface area contributed by atoms with Crippen molar-refractivity contribution in [2.24, 2.45) is 0 Å². The quantitative estimate of drug-likeness (QED) is 0.220. The lowest BCUT2D eigenvalue weighted by Gasteiger charge is -2.09. The molecule has 0 atom stereocenters. The van der Waals surface area contributed by atoms with Gasteiger partial charge in [0.1, 0.15) is 0 Å². The van der Waals surface area contributed by atoms with E-state index >= 15 is 0 Å². The third-order valence-corrected chi connectivity index (χ3v) is 5.01. The molecule has 3 aromatic carbocycles. The normalized spacial score (nSPS) is 10.3. The predicted octanol–water partition coefficient (Wildman–Crippen LogP) is 4.72. The summed E-state index contributed by atoms with van der Waals surface area (Å²) in [5, 5.41) is 13.5. The number of rotatable bonds is 9. The highest BCUT2D eigenvalue weighted by Crippen LogP contribution is 2.25. The number of esters is 1. The first kappa shape index (κ1) is 23.3. The highest BCUT2D eigenvalue weighted by molar-refractivity contribution is 5.98. The maximum atomic E-state index is 12.4. The fraction of sp³-hybridized carbons (Fsp3) is 0.160. The second-order valence-corrected chi connectivity index (χ2v) is 7.28. The van der Waals surface area contributed by atoms with E-state index in [4.69, 9.17) is 4.74 Å². The number of nitrogens with zero attached hydrogens (tertiary/aromatic N) is 1. The number of benzene rings is 3. The molecule has 1 amide bonds. The molecule has 0 aliphatic carbocycles. The Kier molecular flexibility index (Phi) is 7.64. The molecule has 0 fully saturated rings. The standard InChI is InChI=1S/C25H22N2O6/c1-17-21(8-5-9-22(17)27(31)32)26-24(29)16-33-25(30)15-14-23(28)20-12-10-19(11-13-20)18-6-3-2-4-7-18/h2-13H,14-16H2,1H3,(H,26,29). The van der Waals surface area contributed by atoms with Gasteiger partial charge in [-0.25, -0.2) is 0 Å². The van der Waals surface area contributed by atoms with Crippen LogP contribution in [0.15, 0.2) is 72.8 Å². The van der Waals surface area contributed by atoms with E-state index in [2.05, 4.69) is 5.32 Å². The van der Waals surface area contributed by atoms with Crippen molar-refractivity contribution >= 4 is 29.0 Å². The molecule has 1 N–H and O–H groups in total. The van der Waals surface area contributed by atoms with Gasteiger partial charge in [0.15, 0.2) is 12.4 Å². The topological polar surface area (TPSA) is 116 Å². The van der Waals surface area contributed by atoms with Gasteiger partial charge in [0, 0.05) is 18.1 Å². The van der Waals surface area contributed by atoms with Crippen molar-refractivity contribution in [2.75, 3.05) is 11.9 Å². The number of nitro groups is 1. The van der Waals surface area contributed by atoms with Crippen molar-refractivity contribution in [2.45, 2.75) is 19.8 Å². The second kappa shape index (κ2) is 10.8. The molecule has 0 saturated carbocycles. The second-order valence-electron chi connectivity index (χ2n) is 7.28. The highest BCUT2D eigenvalue weighted by Gasteiger charge is 2.16. The first-order valence-electron chi connectivity index (χ1n) is 10.2. The molecule has 0 spiro atoms. The van der Waals surface area contributed by atoms with Gasteiger partial charge in [0.25, 0.3) is 11.6 Å². The van der Waals surface area contributed by atoms with E-state index in [1.54, 1.807) is 12.1 Å². The number of carbonyl (C=O) groups excluding carboxylic acids is 3. The van der Waals surface area contributed by atoms with Crippen molar-refractivity contribution in [1.29, 1.82) is 0 Å². The molecule has 0 aromatic heterocycles. The van der Waals surface area contributed by atoms with Crippen molar-refractivity contribution in [3.63, 3.8) is 0 Å². The molecule has 3 aromatic rings. The van der Waals surface area contributed by atoms with Crippen LogP contribution >= 0.6 is 0 Å². The molecule has 168 valence electrons. The molecule has 0 heterocycles. The van der Waals surface area contributed by atoms with Gasteiger partial charge >= 0.3 is 5.97 Å². The molecule has 0 radical (unpaired) electrons. The Morgan fingerprint density at radius 3 is 2.21 bits per heavy atom. The van der Waals surface area contributed by atoms with Gasteiger partial charge in [0.05, 0.1) is 22.6 Å². The molecule has 8 heteroatoms. The molecule has 0 aliphatic heterocycles. The van der Waals surface area contributed by atoms with Crippen LogP contribution < -0.4 is 5.32 Å². The lowest BCUT2D eigenvalue weighted by molar-refractivity contribution is -0.385. The lowest BCUT2D eigenvalue weighted by atomic mass is 10.0. The van der Waals surface area contributed by atoms with Crippen LogP contribution in [0.1, 0.15) is 28.8 Å². The van der Waals surface area contributed by atoms with Crippen LogP contribution in [-0.2, 0) is 14.3 Å². The van der Waals surface area contributed by atoms with Gasteiger partial charge in [-0.3, -0.25) is 24.5 Å². The third-order valence-electron chi connectivity index (χ3n) is 5.01. The van der Waals surface area contributed by atoms with Crippen LogP contribution in [0.2, 0.25) is 0 Å². The largest absolute Gasteiger partial charge is 0.456 e. The Bertz CT molecular complexity index is 1170. The molecule has 3 rings (SSSR count). The zero-order valence-corrected chi connectivity index (χ0v) is 17.9. The summed E-state index contributed by atoms with van der Waals surface area (Å²) in [5.41, 5.74) is 2.95. The Morgan fingerprint density at radius 1 is 0.879 bits per heavy atom. The number of Topliss-reactive ketones (excluding diaryl/α,β-unsaturated/α-hetero) is 1. The Morgan fingerprint density at radius 2 is 1.55 bits per heavy atom. The minimum Gasteiger partial charge on any atom is -0.456 e. The lowest BCUT2D eigenvalue weighted by Crippen LogP contribution is -2.21. The summed E-state index contributed by atoms with van der Waals surface area (Å²) in [5.74, 6) is -1.52. The van der Waals surface area contributed by atoms with Gasteiger partial charge in [0.2, 0.25) is 0 Å². The number of hydrogen-bond acceptors (Lipinski definition) is 6. The monoisotopic (exact) mass is 446 g/mol. The first-order valence-corrected chi connectivity index (χ1v) is 10.2. The maximum absolute atomic E-state index is 12.4. The van der Waals surface area contributed by atoms with Crippen LogP contribution in [0.4, 0.5) is 11.4 Å². The summed E-state index contributed by atoms with van der Waals surface area (Å²) < 4.78 is 4.92. The summed E-state index contributed by atoms with van der Waals surface area (Å²) in [7, 11) is 0. The number of ketones is 1. The van der Waals surface area contributed by atoms with E-state index in [1.165, 1.54) is 25.1 Å². The van der Waals surface area contributed by atoms with Crippen LogP contribution in [0.3, 0.4) is 0 Å². The molecule has 0 saturated heterocycles. The van der Waals surface area contributed by atoms with Crippen molar-refractivity contribution in [1.82, 2.24) is 0 Å². The summed E-state index contributed by atoms with van der Waals surface area (Å²) in [6, 6.07) is 21.2. The molecule has 8 nitrogen and oxygen atoms in total. The van der Waals surface area contributed by atoms with E-state index in [9.17, 15) is 24.5 Å². The van der Waals surface area contributed by atoms with Gasteiger partial charge in [-0.05, 0) is 24.1 Å². The van der Waals surface area contributed by atoms with Crippen LogP contribution in [0, 0.1) is 17.0 Å². The summed E-state index contributed by atoms with van der Waals surface area (Å²) in [4.78, 5) is 46.8. The van der Waals surface area contributed by atoms with E-state index in [0.717, 1.165) is 11.1 Å². The zero-order chi connectivity index (χ0) is 23.8. The van der Waals surface area contributed by atoms with Gasteiger partial charge in [-0.1, -0.05) is 60.7 Å². The number of amides is 1. The van der Waals surface area contributed by atoms with Crippen LogP contribution in [0.5, 0.6) is 0 Å². The SMILES string of the molecule is Cc1c(NC(=O)COC(=O)CCC(=O)c2ccc(-c3ccccc3)cc2)cccc1[N+](=O)[O-]. The van der Waals surface area contributed by atoms with Gasteiger partial charge in [-0.2, -0.15) is 0 Å². The smallest absolute Gasteiger partial charge is 0.306 e. The van der Waals surface area contributed by atoms with E-state index in [0.29, 0.717) is 11.1 Å². The van der Waals surface area contributed by atoms with Crippen molar-refractivity contribution < 1.29 is 24.0 Å². The summed E-state index contributed by atoms with van der Waals surface area (Å²) in [6.07, 6.45) is -0.211. The number of ether oxygens (including phenoxy) is 1. The minimum atomic E-state index is -0.685. The number of hydrogen-bond donors (Lipinski definition) is 1. The Balaban J connectivity index is 1.45. The van der Waals surface area contributed by atoms with Crippen LogP contribution in [-0.4, -0.2) is 29.2 Å². The van der Waals surface area contributed by atoms with Crippen molar-refractivity contribution in [3.8, 4) is 11.1 Å². The number of nitro benzene ring substituents is 1. The number of carbonyl (C=O) groups is 3. The molecule has 0 unspecified atom stereocenters. The highest BCUT2D eigenvalue weighted by atomic mass is 16.6. The summed E-state index contributed by atoms with van der Waals surface area (Å²) >= 11 is 0. The zero-order valence-electron chi connectivity index (χ0n) is 17.9. The molecule has 0 aliphatic rings. The van der Waals surface area contributed by atoms with E-state index in [1.807, 2.05) is 42.5 Å². The van der Waals surface area contributed by atoms with Gasteiger partial charge < -0.3 is 10.1 Å². The third kappa shape index (κ3) is 6.33. The molecular formula is C25H22N2O6.